The molecule has 3 aromatic carbocycles. The van der Waals surface area contributed by atoms with Crippen LogP contribution < -0.4 is 0 Å². The lowest BCUT2D eigenvalue weighted by molar-refractivity contribution is -0.136. The van der Waals surface area contributed by atoms with Gasteiger partial charge in [0.05, 0.1) is 6.42 Å². The Kier molecular flexibility index (Phi) is 6.42. The Balaban J connectivity index is 1.60. The van der Waals surface area contributed by atoms with Crippen molar-refractivity contribution in [2.75, 3.05) is 6.54 Å². The van der Waals surface area contributed by atoms with Crippen LogP contribution in [0.15, 0.2) is 60.7 Å². The summed E-state index contributed by atoms with van der Waals surface area (Å²) < 4.78 is 20.0. The number of carbonyl (C=O) groups is 2. The van der Waals surface area contributed by atoms with E-state index in [9.17, 15) is 14.0 Å². The van der Waals surface area contributed by atoms with Crippen molar-refractivity contribution in [1.29, 1.82) is 0 Å². The third kappa shape index (κ3) is 4.75. The molecule has 0 atom stereocenters. The van der Waals surface area contributed by atoms with Crippen molar-refractivity contribution in [1.82, 2.24) is 4.90 Å². The summed E-state index contributed by atoms with van der Waals surface area (Å²) in [6.07, 6.45) is -0.309. The number of rotatable bonds is 5. The molecule has 0 radical (unpaired) electrons. The second kappa shape index (κ2) is 9.40. The third-order valence-electron chi connectivity index (χ3n) is 5.52. The number of carboxylic acids is 1. The Morgan fingerprint density at radius 3 is 2.59 bits per heavy atom. The van der Waals surface area contributed by atoms with Crippen molar-refractivity contribution in [3.05, 3.63) is 93.8 Å². The second-order valence-electron chi connectivity index (χ2n) is 7.64. The number of amides is 1. The zero-order chi connectivity index (χ0) is 22.7. The van der Waals surface area contributed by atoms with E-state index in [1.807, 2.05) is 30.3 Å². The fraction of sp³-hybridized carbons (Fsp3) is 0.200. The molecular formula is C25H21ClFNO4. The molecule has 0 fully saturated rings. The molecule has 164 valence electrons. The van der Waals surface area contributed by atoms with Crippen LogP contribution in [-0.4, -0.2) is 28.6 Å². The van der Waals surface area contributed by atoms with Gasteiger partial charge in [-0.25, -0.2) is 9.18 Å². The minimum Gasteiger partial charge on any atom is -0.481 e. The first-order chi connectivity index (χ1) is 15.4. The summed E-state index contributed by atoms with van der Waals surface area (Å²) in [5, 5.41) is 9.50. The largest absolute Gasteiger partial charge is 0.481 e. The van der Waals surface area contributed by atoms with Crippen LogP contribution >= 0.6 is 11.6 Å². The lowest BCUT2D eigenvalue weighted by Crippen LogP contribution is -2.37. The Morgan fingerprint density at radius 1 is 1.06 bits per heavy atom. The lowest BCUT2D eigenvalue weighted by Gasteiger charge is -2.30. The maximum atomic E-state index is 14.5. The minimum absolute atomic E-state index is 0.161. The van der Waals surface area contributed by atoms with Crippen molar-refractivity contribution < 1.29 is 23.8 Å². The summed E-state index contributed by atoms with van der Waals surface area (Å²) in [4.78, 5) is 25.4. The number of halogens is 2. The van der Waals surface area contributed by atoms with Crippen LogP contribution in [0.25, 0.3) is 11.1 Å². The first-order valence-corrected chi connectivity index (χ1v) is 10.6. The lowest BCUT2D eigenvalue weighted by atomic mass is 9.90. The van der Waals surface area contributed by atoms with Gasteiger partial charge < -0.3 is 14.7 Å². The molecule has 0 saturated heterocycles. The summed E-state index contributed by atoms with van der Waals surface area (Å²) in [5.74, 6) is -1.31. The molecule has 1 aliphatic heterocycles. The number of nitrogens with zero attached hydrogens (tertiary/aromatic N) is 1. The highest BCUT2D eigenvalue weighted by Crippen LogP contribution is 2.34. The molecule has 0 aliphatic carbocycles. The number of hydrogen-bond donors (Lipinski definition) is 1. The van der Waals surface area contributed by atoms with Gasteiger partial charge in [0.15, 0.2) is 0 Å². The Hall–Kier alpha value is -3.38. The molecule has 0 saturated carbocycles. The summed E-state index contributed by atoms with van der Waals surface area (Å²) in [6.45, 7) is 0.716. The zero-order valence-corrected chi connectivity index (χ0v) is 17.9. The molecule has 0 unspecified atom stereocenters. The molecule has 1 N–H and O–H groups in total. The predicted molar refractivity (Wildman–Crippen MR) is 119 cm³/mol. The molecule has 4 rings (SSSR count). The van der Waals surface area contributed by atoms with Gasteiger partial charge in [0.25, 0.3) is 0 Å². The highest BCUT2D eigenvalue weighted by molar-refractivity contribution is 6.31. The smallest absolute Gasteiger partial charge is 0.410 e. The van der Waals surface area contributed by atoms with Crippen LogP contribution in [0.4, 0.5) is 9.18 Å². The van der Waals surface area contributed by atoms with E-state index in [1.54, 1.807) is 29.2 Å². The predicted octanol–water partition coefficient (Wildman–Crippen LogP) is 5.47. The number of carboxylic acid groups (broad SMARTS) is 1. The number of hydrogen-bond acceptors (Lipinski definition) is 3. The number of ether oxygens (including phenoxy) is 1. The van der Waals surface area contributed by atoms with Gasteiger partial charge in [0, 0.05) is 18.1 Å². The zero-order valence-electron chi connectivity index (χ0n) is 17.2. The van der Waals surface area contributed by atoms with Gasteiger partial charge in [-0.3, -0.25) is 4.79 Å². The molecule has 1 amide bonds. The van der Waals surface area contributed by atoms with Crippen LogP contribution in [0.2, 0.25) is 5.02 Å². The summed E-state index contributed by atoms with van der Waals surface area (Å²) >= 11 is 6.15. The minimum atomic E-state index is -0.988. The highest BCUT2D eigenvalue weighted by Gasteiger charge is 2.26. The quantitative estimate of drug-likeness (QED) is 0.556. The monoisotopic (exact) mass is 453 g/mol. The molecule has 32 heavy (non-hydrogen) atoms. The van der Waals surface area contributed by atoms with Crippen LogP contribution in [0, 0.1) is 5.82 Å². The number of benzene rings is 3. The normalized spacial score (nSPS) is 12.9. The van der Waals surface area contributed by atoms with Crippen molar-refractivity contribution in [2.45, 2.75) is 26.0 Å². The maximum absolute atomic E-state index is 14.5. The van der Waals surface area contributed by atoms with E-state index in [4.69, 9.17) is 21.4 Å². The highest BCUT2D eigenvalue weighted by atomic mass is 35.5. The number of fused-ring (bicyclic) bond motifs is 1. The molecule has 7 heteroatoms. The molecule has 1 aliphatic rings. The maximum Gasteiger partial charge on any atom is 0.410 e. The summed E-state index contributed by atoms with van der Waals surface area (Å²) in [6, 6.07) is 17.6. The van der Waals surface area contributed by atoms with Crippen LogP contribution in [-0.2, 0) is 35.5 Å². The Bertz CT molecular complexity index is 1170. The summed E-state index contributed by atoms with van der Waals surface area (Å²) in [7, 11) is 0. The first kappa shape index (κ1) is 21.8. The number of aliphatic carboxylic acids is 1. The average Bonchev–Trinajstić information content (AvgIpc) is 2.79. The third-order valence-corrected chi connectivity index (χ3v) is 5.89. The van der Waals surface area contributed by atoms with Gasteiger partial charge >= 0.3 is 12.1 Å². The molecular weight excluding hydrogens is 433 g/mol. The van der Waals surface area contributed by atoms with Gasteiger partial charge in [-0.1, -0.05) is 54.1 Å². The molecule has 0 bridgehead atoms. The number of carbonyl (C=O) groups excluding carboxylic acids is 1. The fourth-order valence-corrected chi connectivity index (χ4v) is 4.09. The van der Waals surface area contributed by atoms with Gasteiger partial charge in [-0.05, 0) is 58.0 Å². The first-order valence-electron chi connectivity index (χ1n) is 10.2. The second-order valence-corrected chi connectivity index (χ2v) is 8.05. The Morgan fingerprint density at radius 2 is 1.84 bits per heavy atom. The van der Waals surface area contributed by atoms with Crippen LogP contribution in [0.5, 0.6) is 0 Å². The standard InChI is InChI=1S/C25H21ClFNO4/c26-22-8-6-17(12-18(22)13-24(29)30)19-7-9-23(27)20-10-11-28(14-21(19)20)25(31)32-15-16-4-2-1-3-5-16/h1-9,12H,10-11,13-15H2,(H,29,30). The van der Waals surface area contributed by atoms with E-state index in [0.29, 0.717) is 34.7 Å². The molecule has 5 nitrogen and oxygen atoms in total. The van der Waals surface area contributed by atoms with E-state index in [-0.39, 0.29) is 25.4 Å². The van der Waals surface area contributed by atoms with E-state index in [2.05, 4.69) is 0 Å². The van der Waals surface area contributed by atoms with Crippen LogP contribution in [0.1, 0.15) is 22.3 Å². The van der Waals surface area contributed by atoms with E-state index in [0.717, 1.165) is 16.7 Å². The molecule has 3 aromatic rings. The van der Waals surface area contributed by atoms with Crippen molar-refractivity contribution in [2.24, 2.45) is 0 Å². The van der Waals surface area contributed by atoms with Gasteiger partial charge in [0.1, 0.15) is 12.4 Å². The average molecular weight is 454 g/mol. The topological polar surface area (TPSA) is 66.8 Å². The van der Waals surface area contributed by atoms with Crippen LogP contribution in [0.3, 0.4) is 0 Å². The van der Waals surface area contributed by atoms with Crippen molar-refractivity contribution in [3.8, 4) is 11.1 Å². The van der Waals surface area contributed by atoms with Gasteiger partial charge in [-0.15, -0.1) is 0 Å². The van der Waals surface area contributed by atoms with Crippen molar-refractivity contribution in [3.63, 3.8) is 0 Å². The molecule has 1 heterocycles. The molecule has 0 spiro atoms. The van der Waals surface area contributed by atoms with E-state index < -0.39 is 12.1 Å². The van der Waals surface area contributed by atoms with Gasteiger partial charge in [-0.2, -0.15) is 0 Å². The SMILES string of the molecule is O=C(O)Cc1cc(-c2ccc(F)c3c2CN(C(=O)OCc2ccccc2)CC3)ccc1Cl. The van der Waals surface area contributed by atoms with E-state index in [1.165, 1.54) is 6.07 Å². The van der Waals surface area contributed by atoms with E-state index >= 15 is 0 Å². The van der Waals surface area contributed by atoms with Gasteiger partial charge in [0.2, 0.25) is 0 Å². The molecule has 0 aromatic heterocycles. The van der Waals surface area contributed by atoms with Crippen molar-refractivity contribution >= 4 is 23.7 Å². The summed E-state index contributed by atoms with van der Waals surface area (Å²) in [5.41, 5.74) is 4.08. The Labute approximate surface area is 190 Å². The fourth-order valence-electron chi connectivity index (χ4n) is 3.91.